The van der Waals surface area contributed by atoms with E-state index in [1.165, 1.54) is 5.56 Å². The molecule has 0 bridgehead atoms. The van der Waals surface area contributed by atoms with Crippen molar-refractivity contribution in [1.29, 1.82) is 0 Å². The number of aryl methyl sites for hydroxylation is 2. The standard InChI is InChI=1S/C14H17BrN2OS/c1-9-7-10(2)13-11(8-9)19-14(17-13)16-12(18)5-3-4-6-15/h7-8H,3-6H2,1-2H3,(H,16,17,18). The monoisotopic (exact) mass is 340 g/mol. The van der Waals surface area contributed by atoms with Gasteiger partial charge >= 0.3 is 0 Å². The van der Waals surface area contributed by atoms with E-state index in [0.29, 0.717) is 11.6 Å². The summed E-state index contributed by atoms with van der Waals surface area (Å²) in [6.45, 7) is 4.13. The van der Waals surface area contributed by atoms with Crippen molar-refractivity contribution in [1.82, 2.24) is 4.98 Å². The summed E-state index contributed by atoms with van der Waals surface area (Å²) in [7, 11) is 0. The van der Waals surface area contributed by atoms with E-state index in [-0.39, 0.29) is 5.91 Å². The van der Waals surface area contributed by atoms with E-state index >= 15 is 0 Å². The van der Waals surface area contributed by atoms with Crippen LogP contribution in [-0.2, 0) is 4.79 Å². The summed E-state index contributed by atoms with van der Waals surface area (Å²) >= 11 is 4.90. The smallest absolute Gasteiger partial charge is 0.226 e. The van der Waals surface area contributed by atoms with Gasteiger partial charge in [-0.25, -0.2) is 4.98 Å². The van der Waals surface area contributed by atoms with Gasteiger partial charge in [-0.2, -0.15) is 0 Å². The predicted octanol–water partition coefficient (Wildman–Crippen LogP) is 4.42. The van der Waals surface area contributed by atoms with E-state index in [4.69, 9.17) is 0 Å². The Hall–Kier alpha value is -0.940. The van der Waals surface area contributed by atoms with E-state index in [9.17, 15) is 4.79 Å². The zero-order chi connectivity index (χ0) is 13.8. The van der Waals surface area contributed by atoms with Crippen LogP contribution >= 0.6 is 27.3 Å². The van der Waals surface area contributed by atoms with E-state index in [2.05, 4.69) is 52.2 Å². The third-order valence-corrected chi connectivity index (χ3v) is 4.34. The molecule has 5 heteroatoms. The van der Waals surface area contributed by atoms with Crippen molar-refractivity contribution in [2.24, 2.45) is 0 Å². The molecule has 1 N–H and O–H groups in total. The summed E-state index contributed by atoms with van der Waals surface area (Å²) < 4.78 is 1.13. The molecule has 0 spiro atoms. The molecular weight excluding hydrogens is 324 g/mol. The van der Waals surface area contributed by atoms with Gasteiger partial charge in [-0.05, 0) is 43.9 Å². The Bertz CT molecular complexity index is 594. The summed E-state index contributed by atoms with van der Waals surface area (Å²) in [6.07, 6.45) is 2.48. The van der Waals surface area contributed by atoms with Gasteiger partial charge in [-0.15, -0.1) is 0 Å². The zero-order valence-electron chi connectivity index (χ0n) is 11.1. The number of halogens is 1. The molecule has 0 aliphatic rings. The van der Waals surface area contributed by atoms with Crippen LogP contribution in [-0.4, -0.2) is 16.2 Å². The lowest BCUT2D eigenvalue weighted by Crippen LogP contribution is -2.10. The summed E-state index contributed by atoms with van der Waals surface area (Å²) in [4.78, 5) is 16.3. The fraction of sp³-hybridized carbons (Fsp3) is 0.429. The summed E-state index contributed by atoms with van der Waals surface area (Å²) in [5.74, 6) is 0.0504. The quantitative estimate of drug-likeness (QED) is 0.646. The maximum atomic E-state index is 11.8. The van der Waals surface area contributed by atoms with Gasteiger partial charge < -0.3 is 5.32 Å². The van der Waals surface area contributed by atoms with Crippen molar-refractivity contribution < 1.29 is 4.79 Å². The number of rotatable bonds is 5. The number of nitrogens with one attached hydrogen (secondary N) is 1. The minimum Gasteiger partial charge on any atom is -0.302 e. The first-order valence-electron chi connectivity index (χ1n) is 6.34. The number of amides is 1. The van der Waals surface area contributed by atoms with E-state index in [0.717, 1.165) is 34.0 Å². The highest BCUT2D eigenvalue weighted by Crippen LogP contribution is 2.29. The Morgan fingerprint density at radius 2 is 2.16 bits per heavy atom. The topological polar surface area (TPSA) is 42.0 Å². The van der Waals surface area contributed by atoms with Crippen molar-refractivity contribution in [3.8, 4) is 0 Å². The molecule has 0 aliphatic carbocycles. The van der Waals surface area contributed by atoms with Gasteiger partial charge in [0.2, 0.25) is 5.91 Å². The van der Waals surface area contributed by atoms with Gasteiger partial charge in [0.25, 0.3) is 0 Å². The highest BCUT2D eigenvalue weighted by molar-refractivity contribution is 9.09. The second-order valence-electron chi connectivity index (χ2n) is 4.64. The molecule has 2 aromatic rings. The maximum absolute atomic E-state index is 11.8. The SMILES string of the molecule is Cc1cc(C)c2nc(NC(=O)CCCCBr)sc2c1. The molecule has 0 saturated heterocycles. The Balaban J connectivity index is 2.09. The first kappa shape index (κ1) is 14.5. The maximum Gasteiger partial charge on any atom is 0.226 e. The number of anilines is 1. The van der Waals surface area contributed by atoms with Crippen LogP contribution in [0.4, 0.5) is 5.13 Å². The molecule has 0 aliphatic heterocycles. The summed E-state index contributed by atoms with van der Waals surface area (Å²) in [5, 5.41) is 4.54. The third-order valence-electron chi connectivity index (χ3n) is 2.86. The van der Waals surface area contributed by atoms with Crippen molar-refractivity contribution in [2.45, 2.75) is 33.1 Å². The van der Waals surface area contributed by atoms with Gasteiger partial charge in [0.15, 0.2) is 5.13 Å². The number of thiazole rings is 1. The lowest BCUT2D eigenvalue weighted by atomic mass is 10.1. The Morgan fingerprint density at radius 3 is 2.89 bits per heavy atom. The number of aromatic nitrogens is 1. The molecule has 0 saturated carbocycles. The van der Waals surface area contributed by atoms with Gasteiger partial charge in [-0.3, -0.25) is 4.79 Å². The molecule has 0 fully saturated rings. The number of hydrogen-bond donors (Lipinski definition) is 1. The van der Waals surface area contributed by atoms with Crippen LogP contribution < -0.4 is 5.32 Å². The van der Waals surface area contributed by atoms with Crippen LogP contribution in [0.5, 0.6) is 0 Å². The molecule has 0 atom stereocenters. The number of fused-ring (bicyclic) bond motifs is 1. The summed E-state index contributed by atoms with van der Waals surface area (Å²) in [6, 6.07) is 4.23. The molecule has 1 aromatic heterocycles. The zero-order valence-corrected chi connectivity index (χ0v) is 13.5. The Kier molecular flexibility index (Phi) is 4.93. The Labute approximate surface area is 125 Å². The normalized spacial score (nSPS) is 10.9. The van der Waals surface area contributed by atoms with Crippen LogP contribution in [0.2, 0.25) is 0 Å². The number of nitrogens with zero attached hydrogens (tertiary/aromatic N) is 1. The van der Waals surface area contributed by atoms with Crippen LogP contribution in [0.25, 0.3) is 10.2 Å². The first-order valence-corrected chi connectivity index (χ1v) is 8.27. The Morgan fingerprint density at radius 1 is 1.37 bits per heavy atom. The lowest BCUT2D eigenvalue weighted by molar-refractivity contribution is -0.116. The predicted molar refractivity (Wildman–Crippen MR) is 85.4 cm³/mol. The number of carbonyl (C=O) groups is 1. The highest BCUT2D eigenvalue weighted by atomic mass is 79.9. The van der Waals surface area contributed by atoms with Crippen LogP contribution in [0, 0.1) is 13.8 Å². The molecule has 3 nitrogen and oxygen atoms in total. The van der Waals surface area contributed by atoms with Crippen LogP contribution in [0.15, 0.2) is 12.1 Å². The minimum absolute atomic E-state index is 0.0504. The van der Waals surface area contributed by atoms with Gasteiger partial charge in [-0.1, -0.05) is 33.3 Å². The molecule has 2 rings (SSSR count). The second-order valence-corrected chi connectivity index (χ2v) is 6.47. The fourth-order valence-electron chi connectivity index (χ4n) is 1.99. The summed E-state index contributed by atoms with van der Waals surface area (Å²) in [5.41, 5.74) is 3.38. The van der Waals surface area contributed by atoms with Gasteiger partial charge in [0.05, 0.1) is 10.2 Å². The average molecular weight is 341 g/mol. The van der Waals surface area contributed by atoms with Gasteiger partial charge in [0.1, 0.15) is 0 Å². The van der Waals surface area contributed by atoms with E-state index < -0.39 is 0 Å². The van der Waals surface area contributed by atoms with Crippen molar-refractivity contribution in [2.75, 3.05) is 10.6 Å². The number of carbonyl (C=O) groups excluding carboxylic acids is 1. The van der Waals surface area contributed by atoms with Crippen LogP contribution in [0.1, 0.15) is 30.4 Å². The molecule has 0 unspecified atom stereocenters. The number of unbranched alkanes of at least 4 members (excludes halogenated alkanes) is 1. The number of alkyl halides is 1. The molecular formula is C14H17BrN2OS. The molecule has 1 heterocycles. The molecule has 1 aromatic carbocycles. The average Bonchev–Trinajstić information content (AvgIpc) is 2.72. The van der Waals surface area contributed by atoms with Gasteiger partial charge in [0, 0.05) is 11.8 Å². The van der Waals surface area contributed by atoms with E-state index in [1.807, 2.05) is 0 Å². The molecule has 19 heavy (non-hydrogen) atoms. The van der Waals surface area contributed by atoms with Crippen molar-refractivity contribution in [3.63, 3.8) is 0 Å². The first-order chi connectivity index (χ1) is 9.10. The van der Waals surface area contributed by atoms with Crippen molar-refractivity contribution >= 4 is 48.5 Å². The lowest BCUT2D eigenvalue weighted by Gasteiger charge is -1.99. The van der Waals surface area contributed by atoms with Crippen molar-refractivity contribution in [3.05, 3.63) is 23.3 Å². The van der Waals surface area contributed by atoms with E-state index in [1.54, 1.807) is 11.3 Å². The minimum atomic E-state index is 0.0504. The molecule has 0 radical (unpaired) electrons. The molecule has 1 amide bonds. The highest BCUT2D eigenvalue weighted by Gasteiger charge is 2.09. The largest absolute Gasteiger partial charge is 0.302 e. The second kappa shape index (κ2) is 6.48. The molecule has 102 valence electrons. The fourth-order valence-corrected chi connectivity index (χ4v) is 3.44. The third kappa shape index (κ3) is 3.76. The van der Waals surface area contributed by atoms with Crippen LogP contribution in [0.3, 0.4) is 0 Å². The number of benzene rings is 1. The number of hydrogen-bond acceptors (Lipinski definition) is 3.